The van der Waals surface area contributed by atoms with Gasteiger partial charge in [0, 0.05) is 44.6 Å². The number of aromatic nitrogens is 2. The molecule has 2 N–H and O–H groups in total. The minimum absolute atomic E-state index is 0.0328. The van der Waals surface area contributed by atoms with Crippen molar-refractivity contribution < 1.29 is 9.90 Å². The third-order valence-electron chi connectivity index (χ3n) is 4.94. The molecule has 136 valence electrons. The number of carbonyl (C=O) groups is 1. The van der Waals surface area contributed by atoms with Gasteiger partial charge < -0.3 is 10.1 Å². The number of hydrogen-bond acceptors (Lipinski definition) is 3. The molecule has 3 heterocycles. The topological polar surface area (TPSA) is 66.0 Å². The highest BCUT2D eigenvalue weighted by Crippen LogP contribution is 2.36. The number of aromatic amines is 1. The van der Waals surface area contributed by atoms with E-state index in [0.717, 1.165) is 33.3 Å². The molecule has 0 fully saturated rings. The van der Waals surface area contributed by atoms with Crippen LogP contribution in [0.5, 0.6) is 0 Å². The highest BCUT2D eigenvalue weighted by Gasteiger charge is 2.12. The molecule has 5 aromatic rings. The third kappa shape index (κ3) is 2.86. The van der Waals surface area contributed by atoms with Crippen LogP contribution in [-0.4, -0.2) is 21.0 Å². The Morgan fingerprint density at radius 2 is 1.82 bits per heavy atom. The number of hydrogen-bond donors (Lipinski definition) is 2. The Hall–Kier alpha value is -3.44. The first-order valence-electron chi connectivity index (χ1n) is 8.94. The van der Waals surface area contributed by atoms with Crippen LogP contribution >= 0.6 is 11.3 Å². The zero-order chi connectivity index (χ0) is 19.1. The van der Waals surface area contributed by atoms with Crippen LogP contribution in [-0.2, 0) is 11.2 Å². The van der Waals surface area contributed by atoms with Crippen molar-refractivity contribution in [3.05, 3.63) is 77.9 Å². The summed E-state index contributed by atoms with van der Waals surface area (Å²) in [7, 11) is 0. The minimum Gasteiger partial charge on any atom is -0.481 e. The van der Waals surface area contributed by atoms with Gasteiger partial charge in [0.05, 0.1) is 6.42 Å². The molecule has 0 saturated heterocycles. The van der Waals surface area contributed by atoms with Crippen LogP contribution in [0.1, 0.15) is 5.56 Å². The van der Waals surface area contributed by atoms with Crippen LogP contribution in [0.25, 0.3) is 43.4 Å². The van der Waals surface area contributed by atoms with Crippen molar-refractivity contribution in [1.29, 1.82) is 0 Å². The zero-order valence-corrected chi connectivity index (χ0v) is 15.7. The Kier molecular flexibility index (Phi) is 3.95. The number of rotatable bonds is 4. The molecule has 5 rings (SSSR count). The van der Waals surface area contributed by atoms with E-state index >= 15 is 0 Å². The molecule has 0 saturated carbocycles. The lowest BCUT2D eigenvalue weighted by Crippen LogP contribution is -1.99. The maximum absolute atomic E-state index is 10.9. The van der Waals surface area contributed by atoms with Gasteiger partial charge in [0.2, 0.25) is 0 Å². The van der Waals surface area contributed by atoms with E-state index in [1.807, 2.05) is 36.7 Å². The average Bonchev–Trinajstić information content (AvgIpc) is 3.32. The maximum atomic E-state index is 10.9. The number of thiophene rings is 1. The van der Waals surface area contributed by atoms with Gasteiger partial charge in [0.15, 0.2) is 0 Å². The van der Waals surface area contributed by atoms with Crippen LogP contribution < -0.4 is 0 Å². The van der Waals surface area contributed by atoms with Gasteiger partial charge in [-0.3, -0.25) is 4.79 Å². The van der Waals surface area contributed by atoms with E-state index in [1.54, 1.807) is 11.3 Å². The Labute approximate surface area is 165 Å². The van der Waals surface area contributed by atoms with Crippen molar-refractivity contribution in [2.24, 2.45) is 0 Å². The summed E-state index contributed by atoms with van der Waals surface area (Å²) in [5.41, 5.74) is 6.01. The molecule has 5 heteroatoms. The predicted octanol–water partition coefficient (Wildman–Crippen LogP) is 5.74. The van der Waals surface area contributed by atoms with Gasteiger partial charge in [-0.2, -0.15) is 0 Å². The summed E-state index contributed by atoms with van der Waals surface area (Å²) in [6.07, 6.45) is 3.90. The van der Waals surface area contributed by atoms with Crippen molar-refractivity contribution in [2.75, 3.05) is 0 Å². The first-order valence-corrected chi connectivity index (χ1v) is 9.82. The van der Waals surface area contributed by atoms with E-state index in [-0.39, 0.29) is 6.42 Å². The van der Waals surface area contributed by atoms with E-state index in [1.165, 1.54) is 15.6 Å². The van der Waals surface area contributed by atoms with Gasteiger partial charge in [0.1, 0.15) is 5.65 Å². The number of nitrogens with zero attached hydrogens (tertiary/aromatic N) is 1. The van der Waals surface area contributed by atoms with Crippen molar-refractivity contribution in [2.45, 2.75) is 6.42 Å². The largest absolute Gasteiger partial charge is 0.481 e. The Balaban J connectivity index is 1.60. The fraction of sp³-hybridized carbons (Fsp3) is 0.0435. The second-order valence-corrected chi connectivity index (χ2v) is 7.65. The monoisotopic (exact) mass is 384 g/mol. The molecule has 0 atom stereocenters. The molecule has 0 bridgehead atoms. The average molecular weight is 384 g/mol. The normalized spacial score (nSPS) is 11.3. The van der Waals surface area contributed by atoms with E-state index in [4.69, 9.17) is 5.11 Å². The number of aliphatic carboxylic acids is 1. The fourth-order valence-electron chi connectivity index (χ4n) is 3.57. The zero-order valence-electron chi connectivity index (χ0n) is 14.8. The number of fused-ring (bicyclic) bond motifs is 2. The van der Waals surface area contributed by atoms with Crippen LogP contribution in [0.3, 0.4) is 0 Å². The summed E-state index contributed by atoms with van der Waals surface area (Å²) < 4.78 is 1.26. The summed E-state index contributed by atoms with van der Waals surface area (Å²) in [5, 5.41) is 13.4. The molecule has 0 amide bonds. The third-order valence-corrected chi connectivity index (χ3v) is 5.91. The summed E-state index contributed by atoms with van der Waals surface area (Å²) in [6.45, 7) is 0. The van der Waals surface area contributed by atoms with Gasteiger partial charge in [0.25, 0.3) is 0 Å². The molecule has 3 aromatic heterocycles. The molecule has 28 heavy (non-hydrogen) atoms. The van der Waals surface area contributed by atoms with Gasteiger partial charge in [-0.1, -0.05) is 42.5 Å². The molecular formula is C23H16N2O2S. The second-order valence-electron chi connectivity index (χ2n) is 6.74. The SMILES string of the molecule is O=C(O)Cc1ccc(-c2c[nH]c3ncc(-c4csc5ccccc45)cc23)cc1. The van der Waals surface area contributed by atoms with E-state index < -0.39 is 5.97 Å². The van der Waals surface area contributed by atoms with Crippen LogP contribution in [0.4, 0.5) is 0 Å². The lowest BCUT2D eigenvalue weighted by Gasteiger charge is -2.04. The van der Waals surface area contributed by atoms with Crippen molar-refractivity contribution in [3.63, 3.8) is 0 Å². The molecule has 0 aliphatic carbocycles. The van der Waals surface area contributed by atoms with Gasteiger partial charge in [-0.05, 0) is 28.6 Å². The van der Waals surface area contributed by atoms with E-state index in [2.05, 4.69) is 45.7 Å². The highest BCUT2D eigenvalue weighted by molar-refractivity contribution is 7.17. The standard InChI is InChI=1S/C23H16N2O2S/c26-22(27)9-14-5-7-15(8-6-14)19-12-25-23-18(19)10-16(11-24-23)20-13-28-21-4-2-1-3-17(20)21/h1-8,10-13H,9H2,(H,24,25)(H,26,27). The smallest absolute Gasteiger partial charge is 0.307 e. The molecule has 2 aromatic carbocycles. The molecule has 4 nitrogen and oxygen atoms in total. The number of pyridine rings is 1. The van der Waals surface area contributed by atoms with E-state index in [0.29, 0.717) is 0 Å². The first-order chi connectivity index (χ1) is 13.7. The number of H-pyrrole nitrogens is 1. The molecule has 0 aliphatic heterocycles. The maximum Gasteiger partial charge on any atom is 0.307 e. The number of carboxylic acids is 1. The Morgan fingerprint density at radius 3 is 2.64 bits per heavy atom. The quantitative estimate of drug-likeness (QED) is 0.415. The minimum atomic E-state index is -0.823. The lowest BCUT2D eigenvalue weighted by molar-refractivity contribution is -0.136. The second kappa shape index (κ2) is 6.62. The number of nitrogens with one attached hydrogen (secondary N) is 1. The van der Waals surface area contributed by atoms with Crippen LogP contribution in [0.2, 0.25) is 0 Å². The van der Waals surface area contributed by atoms with Crippen molar-refractivity contribution in [1.82, 2.24) is 9.97 Å². The Bertz CT molecular complexity index is 1320. The van der Waals surface area contributed by atoms with Crippen LogP contribution in [0.15, 0.2) is 72.4 Å². The molecule has 0 unspecified atom stereocenters. The van der Waals surface area contributed by atoms with Gasteiger partial charge in [-0.15, -0.1) is 11.3 Å². The van der Waals surface area contributed by atoms with Crippen molar-refractivity contribution >= 4 is 38.4 Å². The van der Waals surface area contributed by atoms with Gasteiger partial charge >= 0.3 is 5.97 Å². The number of carboxylic acid groups (broad SMARTS) is 1. The van der Waals surface area contributed by atoms with E-state index in [9.17, 15) is 4.79 Å². The summed E-state index contributed by atoms with van der Waals surface area (Å²) >= 11 is 1.74. The first kappa shape index (κ1) is 16.7. The number of benzene rings is 2. The molecule has 0 spiro atoms. The summed E-state index contributed by atoms with van der Waals surface area (Å²) in [6, 6.07) is 18.2. The fourth-order valence-corrected chi connectivity index (χ4v) is 4.54. The summed E-state index contributed by atoms with van der Waals surface area (Å²) in [5.74, 6) is -0.823. The highest BCUT2D eigenvalue weighted by atomic mass is 32.1. The predicted molar refractivity (Wildman–Crippen MR) is 114 cm³/mol. The van der Waals surface area contributed by atoms with Gasteiger partial charge in [-0.25, -0.2) is 4.98 Å². The van der Waals surface area contributed by atoms with Crippen molar-refractivity contribution in [3.8, 4) is 22.3 Å². The molecule has 0 aliphatic rings. The molecule has 0 radical (unpaired) electrons. The van der Waals surface area contributed by atoms with Crippen LogP contribution in [0, 0.1) is 0 Å². The Morgan fingerprint density at radius 1 is 1.00 bits per heavy atom. The molecular weight excluding hydrogens is 368 g/mol. The lowest BCUT2D eigenvalue weighted by atomic mass is 10.0. The summed E-state index contributed by atoms with van der Waals surface area (Å²) in [4.78, 5) is 18.7.